The van der Waals surface area contributed by atoms with E-state index in [0.29, 0.717) is 11.6 Å². The van der Waals surface area contributed by atoms with Crippen LogP contribution in [0.3, 0.4) is 0 Å². The van der Waals surface area contributed by atoms with Crippen molar-refractivity contribution in [2.24, 2.45) is 0 Å². The minimum atomic E-state index is -0.946. The van der Waals surface area contributed by atoms with E-state index in [1.165, 1.54) is 12.2 Å². The Morgan fingerprint density at radius 2 is 2.47 bits per heavy atom. The number of carbonyl (C=O) groups is 1. The molecule has 82 valence electrons. The van der Waals surface area contributed by atoms with Crippen LogP contribution in [0.2, 0.25) is 0 Å². The largest absolute Gasteiger partial charge is 0.476 e. The third-order valence-corrected chi connectivity index (χ3v) is 3.87. The van der Waals surface area contributed by atoms with Gasteiger partial charge in [-0.1, -0.05) is 0 Å². The molecule has 1 unspecified atom stereocenters. The zero-order valence-electron chi connectivity index (χ0n) is 8.62. The maximum atomic E-state index is 10.8. The van der Waals surface area contributed by atoms with E-state index in [4.69, 9.17) is 5.11 Å². The second-order valence-corrected chi connectivity index (χ2v) is 4.96. The number of rotatable bonds is 2. The van der Waals surface area contributed by atoms with Crippen molar-refractivity contribution in [1.29, 1.82) is 0 Å². The SMILES string of the molecule is Cc1[nH]c(C2CCCSC2)nc1C(=O)O. The minimum Gasteiger partial charge on any atom is -0.476 e. The molecule has 15 heavy (non-hydrogen) atoms. The maximum Gasteiger partial charge on any atom is 0.356 e. The first-order valence-corrected chi connectivity index (χ1v) is 6.21. The molecule has 2 heterocycles. The molecule has 0 bridgehead atoms. The summed E-state index contributed by atoms with van der Waals surface area (Å²) in [6.07, 6.45) is 2.30. The predicted molar refractivity (Wildman–Crippen MR) is 59.6 cm³/mol. The quantitative estimate of drug-likeness (QED) is 0.809. The van der Waals surface area contributed by atoms with Gasteiger partial charge in [0.05, 0.1) is 0 Å². The fourth-order valence-corrected chi connectivity index (χ4v) is 2.99. The summed E-state index contributed by atoms with van der Waals surface area (Å²) in [5.41, 5.74) is 0.827. The van der Waals surface area contributed by atoms with E-state index < -0.39 is 5.97 Å². The van der Waals surface area contributed by atoms with Gasteiger partial charge in [-0.15, -0.1) is 0 Å². The number of thioether (sulfide) groups is 1. The summed E-state index contributed by atoms with van der Waals surface area (Å²) in [6, 6.07) is 0. The number of hydrogen-bond acceptors (Lipinski definition) is 3. The van der Waals surface area contributed by atoms with E-state index in [1.54, 1.807) is 6.92 Å². The normalized spacial score (nSPS) is 21.5. The number of aromatic nitrogens is 2. The van der Waals surface area contributed by atoms with Gasteiger partial charge >= 0.3 is 5.97 Å². The molecular formula is C10H14N2O2S. The van der Waals surface area contributed by atoms with Gasteiger partial charge in [0.25, 0.3) is 0 Å². The van der Waals surface area contributed by atoms with Crippen molar-refractivity contribution in [3.8, 4) is 0 Å². The van der Waals surface area contributed by atoms with Gasteiger partial charge in [0.1, 0.15) is 5.82 Å². The minimum absolute atomic E-state index is 0.167. The van der Waals surface area contributed by atoms with Crippen LogP contribution in [0.15, 0.2) is 0 Å². The fraction of sp³-hybridized carbons (Fsp3) is 0.600. The van der Waals surface area contributed by atoms with Gasteiger partial charge in [-0.3, -0.25) is 0 Å². The number of hydrogen-bond donors (Lipinski definition) is 2. The van der Waals surface area contributed by atoms with E-state index in [1.807, 2.05) is 11.8 Å². The second-order valence-electron chi connectivity index (χ2n) is 3.81. The molecule has 0 spiro atoms. The summed E-state index contributed by atoms with van der Waals surface area (Å²) in [6.45, 7) is 1.76. The number of carboxylic acids is 1. The molecule has 1 aliphatic heterocycles. The van der Waals surface area contributed by atoms with Crippen LogP contribution in [0.1, 0.15) is 40.8 Å². The highest BCUT2D eigenvalue weighted by Crippen LogP contribution is 2.29. The van der Waals surface area contributed by atoms with Crippen LogP contribution in [-0.4, -0.2) is 32.5 Å². The van der Waals surface area contributed by atoms with Crippen molar-refractivity contribution in [2.75, 3.05) is 11.5 Å². The number of H-pyrrole nitrogens is 1. The Balaban J connectivity index is 2.21. The molecule has 1 atom stereocenters. The Hall–Kier alpha value is -0.970. The van der Waals surface area contributed by atoms with Crippen LogP contribution in [-0.2, 0) is 0 Å². The number of nitrogens with zero attached hydrogens (tertiary/aromatic N) is 1. The van der Waals surface area contributed by atoms with E-state index in [2.05, 4.69) is 9.97 Å². The molecule has 1 aromatic rings. The van der Waals surface area contributed by atoms with Gasteiger partial charge in [-0.05, 0) is 25.5 Å². The summed E-state index contributed by atoms with van der Waals surface area (Å²) in [7, 11) is 0. The van der Waals surface area contributed by atoms with Crippen molar-refractivity contribution < 1.29 is 9.90 Å². The van der Waals surface area contributed by atoms with Crippen LogP contribution >= 0.6 is 11.8 Å². The first-order chi connectivity index (χ1) is 7.18. The van der Waals surface area contributed by atoms with Crippen molar-refractivity contribution in [2.45, 2.75) is 25.7 Å². The summed E-state index contributed by atoms with van der Waals surface area (Å²) in [4.78, 5) is 18.1. The summed E-state index contributed by atoms with van der Waals surface area (Å²) >= 11 is 1.91. The lowest BCUT2D eigenvalue weighted by atomic mass is 10.1. The molecule has 0 radical (unpaired) electrons. The molecule has 4 nitrogen and oxygen atoms in total. The lowest BCUT2D eigenvalue weighted by molar-refractivity contribution is 0.0690. The number of imidazole rings is 1. The zero-order chi connectivity index (χ0) is 10.8. The molecule has 0 amide bonds. The first kappa shape index (κ1) is 10.5. The predicted octanol–water partition coefficient (Wildman–Crippen LogP) is 2.03. The van der Waals surface area contributed by atoms with Crippen LogP contribution in [0.25, 0.3) is 0 Å². The van der Waals surface area contributed by atoms with Crippen LogP contribution in [0.5, 0.6) is 0 Å². The van der Waals surface area contributed by atoms with E-state index in [-0.39, 0.29) is 5.69 Å². The van der Waals surface area contributed by atoms with Gasteiger partial charge in [-0.25, -0.2) is 9.78 Å². The Morgan fingerprint density at radius 1 is 1.67 bits per heavy atom. The standard InChI is InChI=1S/C10H14N2O2S/c1-6-8(10(13)14)12-9(11-6)7-3-2-4-15-5-7/h7H,2-5H2,1H3,(H,11,12)(H,13,14). The molecule has 1 fully saturated rings. The number of aromatic carboxylic acids is 1. The monoisotopic (exact) mass is 226 g/mol. The average Bonchev–Trinajstić information content (AvgIpc) is 2.62. The molecule has 0 saturated carbocycles. The number of nitrogens with one attached hydrogen (secondary N) is 1. The smallest absolute Gasteiger partial charge is 0.356 e. The molecule has 2 N–H and O–H groups in total. The van der Waals surface area contributed by atoms with E-state index >= 15 is 0 Å². The van der Waals surface area contributed by atoms with Crippen molar-refractivity contribution in [3.05, 3.63) is 17.2 Å². The van der Waals surface area contributed by atoms with E-state index in [0.717, 1.165) is 18.0 Å². The van der Waals surface area contributed by atoms with Crippen LogP contribution < -0.4 is 0 Å². The Bertz CT molecular complexity index is 369. The lowest BCUT2D eigenvalue weighted by Crippen LogP contribution is -2.10. The molecule has 2 rings (SSSR count). The third kappa shape index (κ3) is 2.17. The fourth-order valence-electron chi connectivity index (χ4n) is 1.84. The molecular weight excluding hydrogens is 212 g/mol. The van der Waals surface area contributed by atoms with E-state index in [9.17, 15) is 4.79 Å². The summed E-state index contributed by atoms with van der Waals surface area (Å²) < 4.78 is 0. The molecule has 1 aromatic heterocycles. The average molecular weight is 226 g/mol. The van der Waals surface area contributed by atoms with Crippen molar-refractivity contribution in [3.63, 3.8) is 0 Å². The summed E-state index contributed by atoms with van der Waals surface area (Å²) in [5, 5.41) is 8.89. The highest BCUT2D eigenvalue weighted by atomic mass is 32.2. The molecule has 5 heteroatoms. The van der Waals surface area contributed by atoms with Gasteiger partial charge in [0.15, 0.2) is 5.69 Å². The zero-order valence-corrected chi connectivity index (χ0v) is 9.43. The number of aromatic amines is 1. The van der Waals surface area contributed by atoms with Crippen molar-refractivity contribution >= 4 is 17.7 Å². The number of aryl methyl sites for hydroxylation is 1. The molecule has 0 aromatic carbocycles. The third-order valence-electron chi connectivity index (χ3n) is 2.65. The Kier molecular flexibility index (Phi) is 3.00. The molecule has 1 saturated heterocycles. The first-order valence-electron chi connectivity index (χ1n) is 5.06. The maximum absolute atomic E-state index is 10.8. The van der Waals surface area contributed by atoms with Gasteiger partial charge in [0, 0.05) is 17.4 Å². The Labute approximate surface area is 92.5 Å². The van der Waals surface area contributed by atoms with Crippen molar-refractivity contribution in [1.82, 2.24) is 9.97 Å². The molecule has 1 aliphatic rings. The highest BCUT2D eigenvalue weighted by Gasteiger charge is 2.21. The van der Waals surface area contributed by atoms with Crippen LogP contribution in [0.4, 0.5) is 0 Å². The topological polar surface area (TPSA) is 66.0 Å². The lowest BCUT2D eigenvalue weighted by Gasteiger charge is -2.18. The highest BCUT2D eigenvalue weighted by molar-refractivity contribution is 7.99. The molecule has 0 aliphatic carbocycles. The van der Waals surface area contributed by atoms with Crippen LogP contribution in [0, 0.1) is 6.92 Å². The Morgan fingerprint density at radius 3 is 3.00 bits per heavy atom. The second kappa shape index (κ2) is 4.26. The van der Waals surface area contributed by atoms with Gasteiger partial charge in [-0.2, -0.15) is 11.8 Å². The summed E-state index contributed by atoms with van der Waals surface area (Å²) in [5.74, 6) is 2.56. The number of carboxylic acid groups (broad SMARTS) is 1. The van der Waals surface area contributed by atoms with Gasteiger partial charge in [0.2, 0.25) is 0 Å². The van der Waals surface area contributed by atoms with Gasteiger partial charge < -0.3 is 10.1 Å².